The summed E-state index contributed by atoms with van der Waals surface area (Å²) in [7, 11) is 0. The van der Waals surface area contributed by atoms with Gasteiger partial charge in [-0.25, -0.2) is 0 Å². The molecule has 3 aromatic rings. The number of unbranched alkanes of at least 4 members (excludes halogenated alkanes) is 1. The quantitative estimate of drug-likeness (QED) is 0.444. The predicted molar refractivity (Wildman–Crippen MR) is 109 cm³/mol. The van der Waals surface area contributed by atoms with Crippen molar-refractivity contribution in [1.82, 2.24) is 4.37 Å². The van der Waals surface area contributed by atoms with Gasteiger partial charge in [0.2, 0.25) is 5.91 Å². The van der Waals surface area contributed by atoms with Crippen LogP contribution < -0.4 is 5.32 Å². The van der Waals surface area contributed by atoms with Crippen molar-refractivity contribution in [2.45, 2.75) is 19.3 Å². The van der Waals surface area contributed by atoms with E-state index in [1.807, 2.05) is 30.3 Å². The molecule has 0 radical (unpaired) electrons. The molecule has 0 spiro atoms. The van der Waals surface area contributed by atoms with Crippen LogP contribution in [0.1, 0.15) is 35.2 Å². The van der Waals surface area contributed by atoms with Crippen molar-refractivity contribution in [2.24, 2.45) is 0 Å². The highest BCUT2D eigenvalue weighted by molar-refractivity contribution is 7.13. The maximum atomic E-state index is 13.1. The van der Waals surface area contributed by atoms with E-state index in [0.717, 1.165) is 27.8 Å². The van der Waals surface area contributed by atoms with Crippen molar-refractivity contribution in [3.63, 3.8) is 0 Å². The van der Waals surface area contributed by atoms with Crippen LogP contribution in [-0.4, -0.2) is 41.0 Å². The van der Waals surface area contributed by atoms with E-state index in [-0.39, 0.29) is 18.3 Å². The Hall–Kier alpha value is -2.61. The highest BCUT2D eigenvalue weighted by Crippen LogP contribution is 2.42. The van der Waals surface area contributed by atoms with E-state index < -0.39 is 0 Å². The molecule has 1 aliphatic carbocycles. The number of benzene rings is 2. The third-order valence-corrected chi connectivity index (χ3v) is 5.55. The van der Waals surface area contributed by atoms with Gasteiger partial charge in [-0.05, 0) is 36.5 Å². The van der Waals surface area contributed by atoms with E-state index in [2.05, 4.69) is 9.69 Å². The Labute approximate surface area is 166 Å². The molecule has 0 aliphatic heterocycles. The van der Waals surface area contributed by atoms with Crippen LogP contribution in [0.15, 0.2) is 36.4 Å². The van der Waals surface area contributed by atoms with Gasteiger partial charge in [-0.2, -0.15) is 4.37 Å². The zero-order valence-corrected chi connectivity index (χ0v) is 16.1. The molecule has 0 saturated heterocycles. The van der Waals surface area contributed by atoms with Crippen molar-refractivity contribution >= 4 is 39.0 Å². The van der Waals surface area contributed by atoms with Crippen molar-refractivity contribution in [2.75, 3.05) is 25.1 Å². The Kier molecular flexibility index (Phi) is 5.47. The van der Waals surface area contributed by atoms with Crippen LogP contribution in [0.25, 0.3) is 21.3 Å². The largest absolute Gasteiger partial charge is 0.394 e. The summed E-state index contributed by atoms with van der Waals surface area (Å²) in [5.41, 5.74) is 3.25. The van der Waals surface area contributed by atoms with Gasteiger partial charge < -0.3 is 15.2 Å². The van der Waals surface area contributed by atoms with Crippen molar-refractivity contribution in [3.05, 3.63) is 47.5 Å². The summed E-state index contributed by atoms with van der Waals surface area (Å²) >= 11 is 1.38. The minimum atomic E-state index is -0.134. The number of ketones is 1. The van der Waals surface area contributed by atoms with Gasteiger partial charge in [-0.3, -0.25) is 9.59 Å². The topological polar surface area (TPSA) is 88.5 Å². The first-order valence-electron chi connectivity index (χ1n) is 9.25. The van der Waals surface area contributed by atoms with Crippen LogP contribution in [0.2, 0.25) is 0 Å². The Bertz CT molecular complexity index is 1040. The van der Waals surface area contributed by atoms with Gasteiger partial charge in [-0.1, -0.05) is 24.3 Å². The smallest absolute Gasteiger partial charge is 0.224 e. The molecule has 6 nitrogen and oxygen atoms in total. The minimum Gasteiger partial charge on any atom is -0.394 e. The van der Waals surface area contributed by atoms with Gasteiger partial charge in [-0.15, -0.1) is 0 Å². The first kappa shape index (κ1) is 18.7. The zero-order valence-electron chi connectivity index (χ0n) is 15.2. The molecule has 1 aliphatic rings. The maximum absolute atomic E-state index is 13.1. The maximum Gasteiger partial charge on any atom is 0.224 e. The lowest BCUT2D eigenvalue weighted by Crippen LogP contribution is -2.17. The molecule has 1 heterocycles. The molecular weight excluding hydrogens is 376 g/mol. The summed E-state index contributed by atoms with van der Waals surface area (Å²) in [4.78, 5) is 25.5. The van der Waals surface area contributed by atoms with E-state index in [1.165, 1.54) is 11.5 Å². The van der Waals surface area contributed by atoms with Crippen LogP contribution in [-0.2, 0) is 9.53 Å². The molecule has 0 saturated carbocycles. The number of nitrogens with one attached hydrogen (secondary N) is 1. The minimum absolute atomic E-state index is 0.00204. The number of anilines is 1. The fraction of sp³-hybridized carbons (Fsp3) is 0.286. The average molecular weight is 396 g/mol. The summed E-state index contributed by atoms with van der Waals surface area (Å²) < 4.78 is 10.7. The lowest BCUT2D eigenvalue weighted by Gasteiger charge is -2.18. The van der Waals surface area contributed by atoms with Gasteiger partial charge in [0.05, 0.1) is 34.9 Å². The van der Waals surface area contributed by atoms with E-state index >= 15 is 0 Å². The first-order chi connectivity index (χ1) is 13.7. The summed E-state index contributed by atoms with van der Waals surface area (Å²) in [6, 6.07) is 11.1. The number of carbonyl (C=O) groups excluding carboxylic acids is 2. The van der Waals surface area contributed by atoms with Crippen molar-refractivity contribution in [1.29, 1.82) is 0 Å². The Morgan fingerprint density at radius 2 is 1.93 bits per heavy atom. The molecule has 2 N–H and O–H groups in total. The van der Waals surface area contributed by atoms with Crippen molar-refractivity contribution in [3.8, 4) is 11.3 Å². The van der Waals surface area contributed by atoms with Gasteiger partial charge in [0.1, 0.15) is 0 Å². The summed E-state index contributed by atoms with van der Waals surface area (Å²) in [6.45, 7) is 0.835. The van der Waals surface area contributed by atoms with Crippen LogP contribution in [0.3, 0.4) is 0 Å². The molecule has 4 rings (SSSR count). The number of amides is 1. The molecule has 0 bridgehead atoms. The second-order valence-electron chi connectivity index (χ2n) is 6.61. The van der Waals surface area contributed by atoms with Crippen LogP contribution >= 0.6 is 11.5 Å². The molecule has 0 unspecified atom stereocenters. The molecule has 1 amide bonds. The third kappa shape index (κ3) is 3.44. The van der Waals surface area contributed by atoms with E-state index in [9.17, 15) is 9.59 Å². The molecule has 28 heavy (non-hydrogen) atoms. The van der Waals surface area contributed by atoms with Gasteiger partial charge in [0.25, 0.3) is 0 Å². The lowest BCUT2D eigenvalue weighted by molar-refractivity contribution is -0.116. The molecule has 7 heteroatoms. The molecule has 2 aromatic carbocycles. The molecule has 144 valence electrons. The number of nitrogens with zero attached hydrogens (tertiary/aromatic N) is 1. The Morgan fingerprint density at radius 1 is 1.11 bits per heavy atom. The van der Waals surface area contributed by atoms with Crippen LogP contribution in [0.4, 0.5) is 5.69 Å². The number of aliphatic hydroxyl groups is 1. The monoisotopic (exact) mass is 396 g/mol. The predicted octanol–water partition coefficient (Wildman–Crippen LogP) is 3.63. The molecule has 1 aromatic heterocycles. The van der Waals surface area contributed by atoms with Gasteiger partial charge in [0.15, 0.2) is 5.78 Å². The molecule has 0 atom stereocenters. The van der Waals surface area contributed by atoms with Gasteiger partial charge >= 0.3 is 0 Å². The first-order valence-corrected chi connectivity index (χ1v) is 10.0. The number of rotatable bonds is 8. The number of ether oxygens (including phenoxy) is 1. The number of fused-ring (bicyclic) bond motifs is 2. The Balaban J connectivity index is 1.53. The summed E-state index contributed by atoms with van der Waals surface area (Å²) in [5, 5.41) is 12.5. The molecule has 0 fully saturated rings. The van der Waals surface area contributed by atoms with E-state index in [0.29, 0.717) is 42.9 Å². The lowest BCUT2D eigenvalue weighted by atomic mass is 9.86. The second-order valence-corrected chi connectivity index (χ2v) is 7.41. The summed E-state index contributed by atoms with van der Waals surface area (Å²) in [5.74, 6) is -0.216. The van der Waals surface area contributed by atoms with E-state index in [1.54, 1.807) is 6.07 Å². The summed E-state index contributed by atoms with van der Waals surface area (Å²) in [6.07, 6.45) is 1.76. The second kappa shape index (κ2) is 8.18. The number of carbonyl (C=O) groups is 2. The van der Waals surface area contributed by atoms with Crippen LogP contribution in [0, 0.1) is 0 Å². The highest BCUT2D eigenvalue weighted by Gasteiger charge is 2.29. The van der Waals surface area contributed by atoms with E-state index in [4.69, 9.17) is 9.84 Å². The Morgan fingerprint density at radius 3 is 2.79 bits per heavy atom. The molecular formula is C21H20N2O4S. The van der Waals surface area contributed by atoms with Crippen molar-refractivity contribution < 1.29 is 19.4 Å². The van der Waals surface area contributed by atoms with Gasteiger partial charge in [0, 0.05) is 29.5 Å². The normalized spacial score (nSPS) is 12.2. The number of aromatic nitrogens is 1. The van der Waals surface area contributed by atoms with Crippen LogP contribution in [0.5, 0.6) is 0 Å². The number of hydrogen-bond acceptors (Lipinski definition) is 6. The fourth-order valence-corrected chi connectivity index (χ4v) is 4.28. The number of aliphatic hydroxyl groups excluding tert-OH is 1. The third-order valence-electron chi connectivity index (χ3n) is 4.74. The fourth-order valence-electron chi connectivity index (χ4n) is 3.47. The standard InChI is InChI=1S/C21H20N2O4S/c24-10-12-27-11-2-1-9-17(25)22-15-7-3-5-13-18(15)21(26)14-6-4-8-16-19(14)20(13)23-28-16/h3-8,24H,1-2,9-12H2,(H,22,25). The number of hydrogen-bond donors (Lipinski definition) is 2. The average Bonchev–Trinajstić information content (AvgIpc) is 3.14. The SMILES string of the molecule is O=C(CCCCOCCO)Nc1cccc2c1C(=O)c1cccc3snc-2c13. The zero-order chi connectivity index (χ0) is 19.5. The highest BCUT2D eigenvalue weighted by atomic mass is 32.1.